The Morgan fingerprint density at radius 1 is 1.42 bits per heavy atom. The number of pyridine rings is 1. The van der Waals surface area contributed by atoms with Gasteiger partial charge in [-0.3, -0.25) is 0 Å². The van der Waals surface area contributed by atoms with Crippen molar-refractivity contribution in [1.82, 2.24) is 9.71 Å². The van der Waals surface area contributed by atoms with Crippen molar-refractivity contribution in [1.29, 1.82) is 0 Å². The van der Waals surface area contributed by atoms with Gasteiger partial charge in [-0.05, 0) is 46.3 Å². The highest BCUT2D eigenvalue weighted by Crippen LogP contribution is 2.24. The molecule has 0 atom stereocenters. The molecule has 8 heteroatoms. The molecule has 2 N–H and O–H groups in total. The van der Waals surface area contributed by atoms with E-state index in [0.29, 0.717) is 10.3 Å². The van der Waals surface area contributed by atoms with Crippen molar-refractivity contribution in [2.45, 2.75) is 23.8 Å². The molecule has 0 spiro atoms. The van der Waals surface area contributed by atoms with E-state index < -0.39 is 10.0 Å². The van der Waals surface area contributed by atoms with Gasteiger partial charge in [0.15, 0.2) is 0 Å². The highest BCUT2D eigenvalue weighted by atomic mass is 79.9. The van der Waals surface area contributed by atoms with E-state index in [1.807, 2.05) is 11.8 Å². The van der Waals surface area contributed by atoms with E-state index in [1.54, 1.807) is 19.3 Å². The Bertz CT molecular complexity index is 545. The topological polar surface area (TPSA) is 71.1 Å². The lowest BCUT2D eigenvalue weighted by molar-refractivity contribution is 0.529. The molecule has 0 aromatic carbocycles. The first-order chi connectivity index (χ1) is 9.03. The average Bonchev–Trinajstić information content (AvgIpc) is 2.39. The van der Waals surface area contributed by atoms with Gasteiger partial charge in [0.25, 0.3) is 0 Å². The average molecular weight is 366 g/mol. The van der Waals surface area contributed by atoms with Crippen LogP contribution >= 0.6 is 27.7 Å². The lowest BCUT2D eigenvalue weighted by Crippen LogP contribution is -2.37. The molecular weight excluding hydrogens is 350 g/mol. The van der Waals surface area contributed by atoms with E-state index in [9.17, 15) is 8.42 Å². The zero-order valence-electron chi connectivity index (χ0n) is 10.5. The number of rotatable bonds is 4. The first-order valence-electron chi connectivity index (χ1n) is 5.96. The molecular formula is C11H16BrN3O2S2. The van der Waals surface area contributed by atoms with E-state index in [4.69, 9.17) is 0 Å². The van der Waals surface area contributed by atoms with Crippen LogP contribution in [-0.2, 0) is 10.0 Å². The van der Waals surface area contributed by atoms with Crippen LogP contribution in [0.2, 0.25) is 0 Å². The Morgan fingerprint density at radius 2 is 2.11 bits per heavy atom. The van der Waals surface area contributed by atoms with Crippen molar-refractivity contribution in [3.05, 3.63) is 16.7 Å². The minimum Gasteiger partial charge on any atom is -0.372 e. The highest BCUT2D eigenvalue weighted by molar-refractivity contribution is 9.10. The first-order valence-corrected chi connectivity index (χ1v) is 9.39. The fourth-order valence-electron chi connectivity index (χ4n) is 1.91. The largest absolute Gasteiger partial charge is 0.372 e. The zero-order chi connectivity index (χ0) is 13.9. The van der Waals surface area contributed by atoms with E-state index >= 15 is 0 Å². The Kier molecular flexibility index (Phi) is 5.10. The number of thioether (sulfide) groups is 1. The van der Waals surface area contributed by atoms with Gasteiger partial charge in [0, 0.05) is 23.8 Å². The molecule has 0 saturated carbocycles. The summed E-state index contributed by atoms with van der Waals surface area (Å²) in [4.78, 5) is 4.26. The number of sulfonamides is 1. The van der Waals surface area contributed by atoms with Gasteiger partial charge in [-0.1, -0.05) is 0 Å². The third-order valence-electron chi connectivity index (χ3n) is 2.89. The summed E-state index contributed by atoms with van der Waals surface area (Å²) in [7, 11) is -1.88. The molecule has 1 aliphatic heterocycles. The molecule has 1 aliphatic rings. The van der Waals surface area contributed by atoms with Crippen LogP contribution in [0.3, 0.4) is 0 Å². The van der Waals surface area contributed by atoms with Crippen LogP contribution in [0, 0.1) is 0 Å². The molecule has 5 nitrogen and oxygen atoms in total. The number of hydrogen-bond donors (Lipinski definition) is 2. The monoisotopic (exact) mass is 365 g/mol. The van der Waals surface area contributed by atoms with Gasteiger partial charge in [0.1, 0.15) is 10.7 Å². The first kappa shape index (κ1) is 15.1. The number of anilines is 1. The summed E-state index contributed by atoms with van der Waals surface area (Å²) in [6, 6.07) is 1.59. The van der Waals surface area contributed by atoms with E-state index in [-0.39, 0.29) is 10.9 Å². The van der Waals surface area contributed by atoms with Crippen LogP contribution in [0.4, 0.5) is 5.82 Å². The highest BCUT2D eigenvalue weighted by Gasteiger charge is 2.25. The fraction of sp³-hybridized carbons (Fsp3) is 0.545. The molecule has 0 bridgehead atoms. The van der Waals surface area contributed by atoms with Crippen LogP contribution in [0.15, 0.2) is 21.6 Å². The predicted octanol–water partition coefficient (Wildman–Crippen LogP) is 2.06. The second-order valence-corrected chi connectivity index (χ2v) is 8.08. The quantitative estimate of drug-likeness (QED) is 0.854. The molecule has 2 heterocycles. The van der Waals surface area contributed by atoms with Gasteiger partial charge in [0.05, 0.1) is 0 Å². The van der Waals surface area contributed by atoms with Crippen LogP contribution in [0.5, 0.6) is 0 Å². The molecule has 1 aromatic rings. The third kappa shape index (κ3) is 3.84. The number of hydrogen-bond acceptors (Lipinski definition) is 5. The molecule has 1 aromatic heterocycles. The van der Waals surface area contributed by atoms with Gasteiger partial charge in [-0.2, -0.15) is 11.8 Å². The smallest absolute Gasteiger partial charge is 0.244 e. The summed E-state index contributed by atoms with van der Waals surface area (Å²) in [5.41, 5.74) is 0. The Balaban J connectivity index is 2.25. The van der Waals surface area contributed by atoms with Crippen molar-refractivity contribution in [3.63, 3.8) is 0 Å². The molecule has 0 unspecified atom stereocenters. The molecule has 1 saturated heterocycles. The second kappa shape index (κ2) is 6.43. The Labute approximate surface area is 126 Å². The predicted molar refractivity (Wildman–Crippen MR) is 82.2 cm³/mol. The molecule has 19 heavy (non-hydrogen) atoms. The van der Waals surface area contributed by atoms with E-state index in [1.165, 1.54) is 0 Å². The van der Waals surface area contributed by atoms with Crippen molar-refractivity contribution in [2.75, 3.05) is 23.9 Å². The molecule has 106 valence electrons. The van der Waals surface area contributed by atoms with Gasteiger partial charge in [0.2, 0.25) is 10.0 Å². The molecule has 2 rings (SSSR count). The Morgan fingerprint density at radius 3 is 2.74 bits per heavy atom. The zero-order valence-corrected chi connectivity index (χ0v) is 13.7. The fourth-order valence-corrected chi connectivity index (χ4v) is 4.99. The molecule has 0 aliphatic carbocycles. The van der Waals surface area contributed by atoms with Crippen molar-refractivity contribution in [3.8, 4) is 0 Å². The Hall–Kier alpha value is -0.310. The van der Waals surface area contributed by atoms with Crippen molar-refractivity contribution >= 4 is 43.5 Å². The summed E-state index contributed by atoms with van der Waals surface area (Å²) >= 11 is 5.12. The number of nitrogens with zero attached hydrogens (tertiary/aromatic N) is 1. The van der Waals surface area contributed by atoms with Crippen molar-refractivity contribution < 1.29 is 8.42 Å². The summed E-state index contributed by atoms with van der Waals surface area (Å²) in [5.74, 6) is 2.37. The summed E-state index contributed by atoms with van der Waals surface area (Å²) in [5, 5.41) is 2.81. The normalized spacial score (nSPS) is 17.4. The third-order valence-corrected chi connectivity index (χ3v) is 5.91. The standard InChI is InChI=1S/C11H16BrN3O2S2/c1-13-11-10(6-8(12)7-14-11)19(16,17)15-9-2-4-18-5-3-9/h6-7,9,15H,2-5H2,1H3,(H,13,14). The minimum absolute atomic E-state index is 0.0231. The summed E-state index contributed by atoms with van der Waals surface area (Å²) < 4.78 is 28.2. The second-order valence-electron chi connectivity index (χ2n) is 4.26. The molecule has 0 amide bonds. The maximum atomic E-state index is 12.4. The molecule has 0 radical (unpaired) electrons. The van der Waals surface area contributed by atoms with Crippen LogP contribution in [0.1, 0.15) is 12.8 Å². The van der Waals surface area contributed by atoms with Gasteiger partial charge < -0.3 is 5.32 Å². The number of aromatic nitrogens is 1. The lowest BCUT2D eigenvalue weighted by Gasteiger charge is -2.22. The maximum Gasteiger partial charge on any atom is 0.244 e. The lowest BCUT2D eigenvalue weighted by atomic mass is 10.2. The van der Waals surface area contributed by atoms with Crippen LogP contribution in [0.25, 0.3) is 0 Å². The maximum absolute atomic E-state index is 12.4. The minimum atomic E-state index is -3.54. The van der Waals surface area contributed by atoms with Crippen LogP contribution in [-0.4, -0.2) is 38.0 Å². The van der Waals surface area contributed by atoms with E-state index in [2.05, 4.69) is 31.0 Å². The van der Waals surface area contributed by atoms with Gasteiger partial charge in [-0.15, -0.1) is 0 Å². The number of halogens is 1. The SMILES string of the molecule is CNc1ncc(Br)cc1S(=O)(=O)NC1CCSCC1. The number of nitrogens with one attached hydrogen (secondary N) is 2. The summed E-state index contributed by atoms with van der Waals surface area (Å²) in [6.07, 6.45) is 3.32. The van der Waals surface area contributed by atoms with Gasteiger partial charge >= 0.3 is 0 Å². The van der Waals surface area contributed by atoms with E-state index in [0.717, 1.165) is 24.3 Å². The van der Waals surface area contributed by atoms with Gasteiger partial charge in [-0.25, -0.2) is 18.1 Å². The van der Waals surface area contributed by atoms with Crippen LogP contribution < -0.4 is 10.0 Å². The van der Waals surface area contributed by atoms with Crippen molar-refractivity contribution in [2.24, 2.45) is 0 Å². The molecule has 1 fully saturated rings. The summed E-state index contributed by atoms with van der Waals surface area (Å²) in [6.45, 7) is 0.